The number of fused-ring (bicyclic) bond motifs is 1. The number of halogens is 1. The highest BCUT2D eigenvalue weighted by Crippen LogP contribution is 2.42. The molecule has 5 rings (SSSR count). The summed E-state index contributed by atoms with van der Waals surface area (Å²) in [5.41, 5.74) is 0.939. The maximum Gasteiger partial charge on any atom is 0.303 e. The SMILES string of the molecule is CC(=O)O[C@@H]1[C@@H](CC(=O)O)[C@@H](CSc2ccccc2F)O[C@H]1n1cnc2c(N[C@@H]3CCOC3)ncnc21. The van der Waals surface area contributed by atoms with Crippen molar-refractivity contribution in [3.8, 4) is 0 Å². The Bertz CT molecular complexity index is 1290. The molecular formula is C24H26FN5O6S. The predicted octanol–water partition coefficient (Wildman–Crippen LogP) is 2.88. The van der Waals surface area contributed by atoms with Crippen LogP contribution in [0.4, 0.5) is 10.2 Å². The molecule has 0 radical (unpaired) electrons. The van der Waals surface area contributed by atoms with Crippen LogP contribution in [0.25, 0.3) is 11.2 Å². The monoisotopic (exact) mass is 531 g/mol. The number of rotatable bonds is 9. The van der Waals surface area contributed by atoms with Crippen LogP contribution in [0.2, 0.25) is 0 Å². The molecule has 0 bridgehead atoms. The van der Waals surface area contributed by atoms with E-state index in [4.69, 9.17) is 14.2 Å². The van der Waals surface area contributed by atoms with Gasteiger partial charge < -0.3 is 24.6 Å². The quantitative estimate of drug-likeness (QED) is 0.311. The summed E-state index contributed by atoms with van der Waals surface area (Å²) in [4.78, 5) is 37.4. The fraction of sp³-hybridized carbons (Fsp3) is 0.458. The van der Waals surface area contributed by atoms with Gasteiger partial charge in [-0.3, -0.25) is 14.2 Å². The number of carboxylic acids is 1. The summed E-state index contributed by atoms with van der Waals surface area (Å²) in [5.74, 6) is -1.90. The minimum absolute atomic E-state index is 0.0968. The number of carbonyl (C=O) groups excluding carboxylic acids is 1. The molecule has 2 aliphatic heterocycles. The highest BCUT2D eigenvalue weighted by atomic mass is 32.2. The van der Waals surface area contributed by atoms with Crippen LogP contribution in [-0.4, -0.2) is 73.8 Å². The molecule has 0 amide bonds. The molecule has 13 heteroatoms. The second-order valence-corrected chi connectivity index (χ2v) is 9.96. The molecular weight excluding hydrogens is 505 g/mol. The molecule has 0 spiro atoms. The maximum atomic E-state index is 14.2. The summed E-state index contributed by atoms with van der Waals surface area (Å²) in [6.45, 7) is 2.48. The van der Waals surface area contributed by atoms with Crippen LogP contribution >= 0.6 is 11.8 Å². The van der Waals surface area contributed by atoms with Crippen LogP contribution in [0, 0.1) is 11.7 Å². The van der Waals surface area contributed by atoms with Gasteiger partial charge in [0.25, 0.3) is 0 Å². The van der Waals surface area contributed by atoms with Gasteiger partial charge in [-0.05, 0) is 18.6 Å². The highest BCUT2D eigenvalue weighted by molar-refractivity contribution is 7.99. The van der Waals surface area contributed by atoms with Gasteiger partial charge in [-0.25, -0.2) is 19.3 Å². The number of hydrogen-bond acceptors (Lipinski definition) is 10. The molecule has 2 aromatic heterocycles. The summed E-state index contributed by atoms with van der Waals surface area (Å²) < 4.78 is 33.2. The Hall–Kier alpha value is -3.29. The van der Waals surface area contributed by atoms with Gasteiger partial charge in [-0.2, -0.15) is 0 Å². The fourth-order valence-electron chi connectivity index (χ4n) is 4.67. The lowest BCUT2D eigenvalue weighted by Gasteiger charge is -2.23. The van der Waals surface area contributed by atoms with E-state index in [1.165, 1.54) is 37.4 Å². The van der Waals surface area contributed by atoms with Gasteiger partial charge in [0.15, 0.2) is 29.3 Å². The van der Waals surface area contributed by atoms with E-state index in [-0.39, 0.29) is 24.0 Å². The molecule has 37 heavy (non-hydrogen) atoms. The zero-order valence-corrected chi connectivity index (χ0v) is 20.8. The highest BCUT2D eigenvalue weighted by Gasteiger charge is 2.49. The van der Waals surface area contributed by atoms with Crippen LogP contribution in [0.1, 0.15) is 26.0 Å². The van der Waals surface area contributed by atoms with Gasteiger partial charge in [-0.15, -0.1) is 11.8 Å². The lowest BCUT2D eigenvalue weighted by atomic mass is 9.95. The Labute approximate surface area is 215 Å². The molecule has 196 valence electrons. The third-order valence-corrected chi connectivity index (χ3v) is 7.49. The molecule has 4 heterocycles. The van der Waals surface area contributed by atoms with Crippen LogP contribution in [0.15, 0.2) is 41.8 Å². The average molecular weight is 532 g/mol. The minimum atomic E-state index is -1.06. The molecule has 0 aliphatic carbocycles. The van der Waals surface area contributed by atoms with Crippen molar-refractivity contribution in [3.63, 3.8) is 0 Å². The Morgan fingerprint density at radius 3 is 2.86 bits per heavy atom. The van der Waals surface area contributed by atoms with Crippen molar-refractivity contribution in [2.24, 2.45) is 5.92 Å². The number of hydrogen-bond donors (Lipinski definition) is 2. The van der Waals surface area contributed by atoms with E-state index in [9.17, 15) is 19.1 Å². The zero-order chi connectivity index (χ0) is 25.9. The third kappa shape index (κ3) is 5.53. The van der Waals surface area contributed by atoms with E-state index in [1.54, 1.807) is 22.8 Å². The number of anilines is 1. The number of esters is 1. The van der Waals surface area contributed by atoms with Crippen molar-refractivity contribution in [1.29, 1.82) is 0 Å². The molecule has 1 aromatic carbocycles. The smallest absolute Gasteiger partial charge is 0.303 e. The molecule has 2 N–H and O–H groups in total. The first-order chi connectivity index (χ1) is 17.9. The van der Waals surface area contributed by atoms with Crippen LogP contribution < -0.4 is 5.32 Å². The summed E-state index contributed by atoms with van der Waals surface area (Å²) in [6, 6.07) is 6.42. The maximum absolute atomic E-state index is 14.2. The number of aliphatic carboxylic acids is 1. The zero-order valence-electron chi connectivity index (χ0n) is 19.9. The second kappa shape index (κ2) is 11.0. The summed E-state index contributed by atoms with van der Waals surface area (Å²) in [7, 11) is 0. The number of imidazole rings is 1. The van der Waals surface area contributed by atoms with E-state index in [0.717, 1.165) is 6.42 Å². The van der Waals surface area contributed by atoms with E-state index < -0.39 is 36.3 Å². The Kier molecular flexibility index (Phi) is 7.53. The molecule has 0 saturated carbocycles. The van der Waals surface area contributed by atoms with Gasteiger partial charge in [-0.1, -0.05) is 12.1 Å². The van der Waals surface area contributed by atoms with E-state index in [0.29, 0.717) is 35.1 Å². The summed E-state index contributed by atoms with van der Waals surface area (Å²) in [5, 5.41) is 12.9. The van der Waals surface area contributed by atoms with Crippen molar-refractivity contribution in [3.05, 3.63) is 42.7 Å². The number of benzene rings is 1. The molecule has 2 aliphatic rings. The van der Waals surface area contributed by atoms with Crippen molar-refractivity contribution in [2.75, 3.05) is 24.3 Å². The van der Waals surface area contributed by atoms with Crippen molar-refractivity contribution in [1.82, 2.24) is 19.5 Å². The summed E-state index contributed by atoms with van der Waals surface area (Å²) in [6.07, 6.45) is 0.990. The molecule has 2 fully saturated rings. The van der Waals surface area contributed by atoms with Crippen LogP contribution in [0.5, 0.6) is 0 Å². The van der Waals surface area contributed by atoms with Crippen molar-refractivity contribution >= 4 is 40.7 Å². The number of carbonyl (C=O) groups is 2. The molecule has 11 nitrogen and oxygen atoms in total. The van der Waals surface area contributed by atoms with Crippen LogP contribution in [0.3, 0.4) is 0 Å². The molecule has 3 aromatic rings. The van der Waals surface area contributed by atoms with E-state index in [1.807, 2.05) is 0 Å². The summed E-state index contributed by atoms with van der Waals surface area (Å²) >= 11 is 1.21. The molecule has 2 saturated heterocycles. The first-order valence-electron chi connectivity index (χ1n) is 11.8. The predicted molar refractivity (Wildman–Crippen MR) is 131 cm³/mol. The average Bonchev–Trinajstić information content (AvgIpc) is 3.59. The third-order valence-electron chi connectivity index (χ3n) is 6.35. The van der Waals surface area contributed by atoms with E-state index in [2.05, 4.69) is 20.3 Å². The number of thioether (sulfide) groups is 1. The Morgan fingerprint density at radius 1 is 1.30 bits per heavy atom. The number of aromatic nitrogens is 4. The second-order valence-electron chi connectivity index (χ2n) is 8.89. The first-order valence-corrected chi connectivity index (χ1v) is 12.8. The number of carboxylic acid groups (broad SMARTS) is 1. The van der Waals surface area contributed by atoms with E-state index >= 15 is 0 Å². The van der Waals surface area contributed by atoms with Crippen molar-refractivity contribution < 1.29 is 33.3 Å². The number of nitrogens with one attached hydrogen (secondary N) is 1. The lowest BCUT2D eigenvalue weighted by Crippen LogP contribution is -2.33. The molecule has 5 atom stereocenters. The lowest BCUT2D eigenvalue weighted by molar-refractivity contribution is -0.155. The van der Waals surface area contributed by atoms with Crippen molar-refractivity contribution in [2.45, 2.75) is 49.1 Å². The number of nitrogens with zero attached hydrogens (tertiary/aromatic N) is 4. The topological polar surface area (TPSA) is 138 Å². The largest absolute Gasteiger partial charge is 0.481 e. The fourth-order valence-corrected chi connectivity index (χ4v) is 5.72. The van der Waals surface area contributed by atoms with Gasteiger partial charge >= 0.3 is 11.9 Å². The number of ether oxygens (including phenoxy) is 3. The Morgan fingerprint density at radius 2 is 2.14 bits per heavy atom. The normalized spacial score (nSPS) is 25.4. The molecule has 0 unspecified atom stereocenters. The van der Waals surface area contributed by atoms with Gasteiger partial charge in [0.1, 0.15) is 12.1 Å². The van der Waals surface area contributed by atoms with Gasteiger partial charge in [0.2, 0.25) is 0 Å². The van der Waals surface area contributed by atoms with Gasteiger partial charge in [0, 0.05) is 30.1 Å². The first kappa shape index (κ1) is 25.4. The minimum Gasteiger partial charge on any atom is -0.481 e. The van der Waals surface area contributed by atoms with Gasteiger partial charge in [0.05, 0.1) is 31.5 Å². The van der Waals surface area contributed by atoms with Crippen LogP contribution in [-0.2, 0) is 23.8 Å². The Balaban J connectivity index is 1.46. The standard InChI is InChI=1S/C24H26FN5O6S/c1-13(31)35-21-15(8-19(32)33)17(10-37-18-5-3-2-4-16(18)25)36-24(21)30-12-28-20-22(26-11-27-23(20)30)29-14-6-7-34-9-14/h2-5,11-12,14-15,17,21,24H,6-10H2,1H3,(H,32,33)(H,26,27,29)/t14-,15+,17-,21-,24-/m1/s1.